The van der Waals surface area contributed by atoms with Crippen LogP contribution in [0, 0.1) is 5.92 Å². The number of aliphatic imine (C=N–C) groups is 1. The van der Waals surface area contributed by atoms with E-state index in [0.29, 0.717) is 38.8 Å². The second-order valence-electron chi connectivity index (χ2n) is 9.14. The van der Waals surface area contributed by atoms with Gasteiger partial charge in [0.25, 0.3) is 0 Å². The Balaban J connectivity index is 2.77. The van der Waals surface area contributed by atoms with E-state index in [-0.39, 0.29) is 29.6 Å². The lowest BCUT2D eigenvalue weighted by Gasteiger charge is -2.33. The van der Waals surface area contributed by atoms with Crippen molar-refractivity contribution in [1.82, 2.24) is 16.0 Å². The molecule has 0 saturated carbocycles. The summed E-state index contributed by atoms with van der Waals surface area (Å²) < 4.78 is 0. The Hall–Kier alpha value is -3.10. The number of benzene rings is 1. The van der Waals surface area contributed by atoms with Gasteiger partial charge in [-0.3, -0.25) is 19.4 Å². The molecule has 0 bridgehead atoms. The molecular weight excluding hydrogens is 444 g/mol. The Labute approximate surface area is 209 Å². The number of rotatable bonds is 16. The van der Waals surface area contributed by atoms with Gasteiger partial charge >= 0.3 is 0 Å². The molecule has 3 amide bonds. The lowest BCUT2D eigenvalue weighted by Crippen LogP contribution is -2.62. The lowest BCUT2D eigenvalue weighted by molar-refractivity contribution is -0.137. The molecule has 0 aliphatic heterocycles. The average Bonchev–Trinajstić information content (AvgIpc) is 2.84. The second-order valence-corrected chi connectivity index (χ2v) is 9.14. The SMILES string of the molecule is CCC(CC)(NC(=O)C(C)C)C(=O)NC(CCCN=C(N)N)C(=O)NCCCCc1ccccc1. The fourth-order valence-corrected chi connectivity index (χ4v) is 3.69. The number of carbonyl (C=O) groups is 3. The summed E-state index contributed by atoms with van der Waals surface area (Å²) >= 11 is 0. The van der Waals surface area contributed by atoms with Crippen LogP contribution in [0.15, 0.2) is 35.3 Å². The van der Waals surface area contributed by atoms with E-state index in [1.54, 1.807) is 13.8 Å². The molecule has 1 atom stereocenters. The Morgan fingerprint density at radius 2 is 1.63 bits per heavy atom. The molecule has 1 aromatic carbocycles. The smallest absolute Gasteiger partial charge is 0.246 e. The number of nitrogens with two attached hydrogens (primary N) is 2. The number of carbonyl (C=O) groups excluding carboxylic acids is 3. The minimum Gasteiger partial charge on any atom is -0.370 e. The molecule has 196 valence electrons. The maximum absolute atomic E-state index is 13.3. The largest absolute Gasteiger partial charge is 0.370 e. The Bertz CT molecular complexity index is 818. The van der Waals surface area contributed by atoms with Gasteiger partial charge < -0.3 is 27.4 Å². The maximum Gasteiger partial charge on any atom is 0.246 e. The zero-order valence-electron chi connectivity index (χ0n) is 21.7. The van der Waals surface area contributed by atoms with Crippen LogP contribution in [0.2, 0.25) is 0 Å². The molecule has 0 aliphatic rings. The highest BCUT2D eigenvalue weighted by molar-refractivity contribution is 5.95. The van der Waals surface area contributed by atoms with Crippen LogP contribution in [-0.4, -0.2) is 48.4 Å². The molecule has 1 aromatic rings. The van der Waals surface area contributed by atoms with Crippen LogP contribution < -0.4 is 27.4 Å². The molecule has 9 heteroatoms. The first-order valence-corrected chi connectivity index (χ1v) is 12.6. The Morgan fingerprint density at radius 1 is 0.971 bits per heavy atom. The quantitative estimate of drug-likeness (QED) is 0.137. The summed E-state index contributed by atoms with van der Waals surface area (Å²) in [6, 6.07) is 9.45. The molecule has 0 saturated heterocycles. The van der Waals surface area contributed by atoms with Gasteiger partial charge in [-0.2, -0.15) is 0 Å². The monoisotopic (exact) mass is 488 g/mol. The molecule has 9 nitrogen and oxygen atoms in total. The number of hydrogen-bond acceptors (Lipinski definition) is 4. The number of nitrogens with one attached hydrogen (secondary N) is 3. The number of unbranched alkanes of at least 4 members (excludes halogenated alkanes) is 1. The van der Waals surface area contributed by atoms with Gasteiger partial charge in [0.2, 0.25) is 17.7 Å². The van der Waals surface area contributed by atoms with Crippen LogP contribution in [0.3, 0.4) is 0 Å². The van der Waals surface area contributed by atoms with E-state index in [2.05, 4.69) is 33.1 Å². The highest BCUT2D eigenvalue weighted by atomic mass is 16.2. The van der Waals surface area contributed by atoms with Gasteiger partial charge in [-0.1, -0.05) is 58.0 Å². The van der Waals surface area contributed by atoms with Crippen molar-refractivity contribution in [3.8, 4) is 0 Å². The highest BCUT2D eigenvalue weighted by Crippen LogP contribution is 2.17. The van der Waals surface area contributed by atoms with E-state index in [1.165, 1.54) is 5.56 Å². The molecule has 0 fully saturated rings. The summed E-state index contributed by atoms with van der Waals surface area (Å²) in [5.74, 6) is -1.08. The van der Waals surface area contributed by atoms with Gasteiger partial charge in [0.15, 0.2) is 5.96 Å². The first-order valence-electron chi connectivity index (χ1n) is 12.6. The fourth-order valence-electron chi connectivity index (χ4n) is 3.69. The van der Waals surface area contributed by atoms with Crippen LogP contribution in [0.5, 0.6) is 0 Å². The summed E-state index contributed by atoms with van der Waals surface area (Å²) in [5, 5.41) is 8.72. The van der Waals surface area contributed by atoms with Gasteiger partial charge in [-0.05, 0) is 50.5 Å². The molecular formula is C26H44N6O3. The van der Waals surface area contributed by atoms with Gasteiger partial charge in [0, 0.05) is 19.0 Å². The van der Waals surface area contributed by atoms with Crippen LogP contribution in [0.25, 0.3) is 0 Å². The van der Waals surface area contributed by atoms with E-state index in [1.807, 2.05) is 32.0 Å². The number of nitrogens with zero attached hydrogens (tertiary/aromatic N) is 1. The van der Waals surface area contributed by atoms with Crippen LogP contribution in [0.4, 0.5) is 0 Å². The molecule has 0 spiro atoms. The van der Waals surface area contributed by atoms with Crippen molar-refractivity contribution in [2.45, 2.75) is 84.2 Å². The predicted octanol–water partition coefficient (Wildman–Crippen LogP) is 1.99. The van der Waals surface area contributed by atoms with Gasteiger partial charge in [0.1, 0.15) is 11.6 Å². The standard InChI is InChI=1S/C26H44N6O3/c1-5-26(6-2,32-22(33)19(3)4)24(35)31-21(16-12-18-30-25(27)28)23(34)29-17-11-10-15-20-13-8-7-9-14-20/h7-9,13-14,19,21H,5-6,10-12,15-18H2,1-4H3,(H,29,34)(H,31,35)(H,32,33)(H4,27,28,30). The van der Waals surface area contributed by atoms with E-state index in [4.69, 9.17) is 11.5 Å². The topological polar surface area (TPSA) is 152 Å². The van der Waals surface area contributed by atoms with E-state index in [9.17, 15) is 14.4 Å². The first kappa shape index (κ1) is 29.9. The van der Waals surface area contributed by atoms with Crippen molar-refractivity contribution >= 4 is 23.7 Å². The Kier molecular flexibility index (Phi) is 13.5. The van der Waals surface area contributed by atoms with E-state index in [0.717, 1.165) is 19.3 Å². The van der Waals surface area contributed by atoms with Crippen molar-refractivity contribution in [3.05, 3.63) is 35.9 Å². The summed E-state index contributed by atoms with van der Waals surface area (Å²) in [7, 11) is 0. The minimum atomic E-state index is -1.07. The van der Waals surface area contributed by atoms with Crippen molar-refractivity contribution in [3.63, 3.8) is 0 Å². The van der Waals surface area contributed by atoms with Crippen molar-refractivity contribution in [2.75, 3.05) is 13.1 Å². The molecule has 0 radical (unpaired) electrons. The molecule has 0 aliphatic carbocycles. The van der Waals surface area contributed by atoms with Gasteiger partial charge in [0.05, 0.1) is 0 Å². The fraction of sp³-hybridized carbons (Fsp3) is 0.615. The molecule has 1 rings (SSSR count). The van der Waals surface area contributed by atoms with E-state index >= 15 is 0 Å². The number of amides is 3. The zero-order valence-corrected chi connectivity index (χ0v) is 21.7. The third-order valence-electron chi connectivity index (χ3n) is 6.13. The lowest BCUT2D eigenvalue weighted by atomic mass is 9.90. The number of hydrogen-bond donors (Lipinski definition) is 5. The normalized spacial score (nSPS) is 12.0. The average molecular weight is 489 g/mol. The van der Waals surface area contributed by atoms with Crippen LogP contribution in [0.1, 0.15) is 71.8 Å². The van der Waals surface area contributed by atoms with E-state index < -0.39 is 11.6 Å². The van der Waals surface area contributed by atoms with Crippen LogP contribution in [-0.2, 0) is 20.8 Å². The minimum absolute atomic E-state index is 0.0131. The maximum atomic E-state index is 13.3. The highest BCUT2D eigenvalue weighted by Gasteiger charge is 2.38. The third kappa shape index (κ3) is 10.8. The summed E-state index contributed by atoms with van der Waals surface area (Å²) in [4.78, 5) is 42.6. The Morgan fingerprint density at radius 3 is 2.20 bits per heavy atom. The number of aryl methyl sites for hydroxylation is 1. The zero-order chi connectivity index (χ0) is 26.3. The molecule has 0 heterocycles. The van der Waals surface area contributed by atoms with Gasteiger partial charge in [-0.25, -0.2) is 0 Å². The molecule has 35 heavy (non-hydrogen) atoms. The number of guanidine groups is 1. The summed E-state index contributed by atoms with van der Waals surface area (Å²) in [6.45, 7) is 8.13. The van der Waals surface area contributed by atoms with Crippen molar-refractivity contribution in [2.24, 2.45) is 22.4 Å². The summed E-state index contributed by atoms with van der Waals surface area (Å²) in [6.07, 6.45) is 4.44. The molecule has 1 unspecified atom stereocenters. The second kappa shape index (κ2) is 15.7. The third-order valence-corrected chi connectivity index (χ3v) is 6.13. The predicted molar refractivity (Wildman–Crippen MR) is 141 cm³/mol. The molecule has 7 N–H and O–H groups in total. The molecule has 0 aromatic heterocycles. The van der Waals surface area contributed by atoms with Crippen LogP contribution >= 0.6 is 0 Å². The summed E-state index contributed by atoms with van der Waals surface area (Å²) in [5.41, 5.74) is 11.0. The van der Waals surface area contributed by atoms with Crippen molar-refractivity contribution in [1.29, 1.82) is 0 Å². The van der Waals surface area contributed by atoms with Crippen molar-refractivity contribution < 1.29 is 14.4 Å². The first-order chi connectivity index (χ1) is 16.6. The van der Waals surface area contributed by atoms with Gasteiger partial charge in [-0.15, -0.1) is 0 Å².